The molecule has 1 atom stereocenters. The summed E-state index contributed by atoms with van der Waals surface area (Å²) in [5.41, 5.74) is -0.506. The molecule has 2 N–H and O–H groups in total. The first-order valence-electron chi connectivity index (χ1n) is 5.81. The minimum Gasteiger partial charge on any atom is -0.391 e. The van der Waals surface area contributed by atoms with Crippen LogP contribution in [0.4, 0.5) is 8.78 Å². The van der Waals surface area contributed by atoms with E-state index in [1.165, 1.54) is 0 Å². The third kappa shape index (κ3) is 4.85. The molecule has 19 heavy (non-hydrogen) atoms. The van der Waals surface area contributed by atoms with Crippen LogP contribution in [0.2, 0.25) is 0 Å². The molecule has 0 aliphatic rings. The van der Waals surface area contributed by atoms with Crippen molar-refractivity contribution in [1.82, 2.24) is 4.72 Å². The molecule has 1 rings (SSSR count). The minimum absolute atomic E-state index is 0.118. The van der Waals surface area contributed by atoms with Crippen molar-refractivity contribution >= 4 is 10.0 Å². The van der Waals surface area contributed by atoms with Gasteiger partial charge in [-0.25, -0.2) is 21.9 Å². The van der Waals surface area contributed by atoms with Crippen molar-refractivity contribution in [3.8, 4) is 0 Å². The van der Waals surface area contributed by atoms with Crippen molar-refractivity contribution in [2.45, 2.75) is 25.7 Å². The van der Waals surface area contributed by atoms with E-state index in [0.29, 0.717) is 0 Å². The van der Waals surface area contributed by atoms with Crippen LogP contribution in [0.5, 0.6) is 0 Å². The van der Waals surface area contributed by atoms with Crippen molar-refractivity contribution in [2.24, 2.45) is 5.92 Å². The molecule has 0 amide bonds. The Balaban J connectivity index is 2.75. The van der Waals surface area contributed by atoms with E-state index in [4.69, 9.17) is 0 Å². The van der Waals surface area contributed by atoms with E-state index in [1.54, 1.807) is 13.8 Å². The molecule has 0 spiro atoms. The van der Waals surface area contributed by atoms with Crippen molar-refractivity contribution in [1.29, 1.82) is 0 Å². The lowest BCUT2D eigenvalue weighted by molar-refractivity contribution is 0.129. The SMILES string of the molecule is CC(C)C(O)CNS(=O)(=O)Cc1c(F)cccc1F. The Kier molecular flexibility index (Phi) is 5.39. The molecule has 0 heterocycles. The fourth-order valence-electron chi connectivity index (χ4n) is 1.36. The molecule has 1 aromatic rings. The predicted octanol–water partition coefficient (Wildman–Crippen LogP) is 1.40. The lowest BCUT2D eigenvalue weighted by Gasteiger charge is -2.15. The standard InChI is InChI=1S/C12H17F2NO3S/c1-8(2)12(16)6-15-19(17,18)7-9-10(13)4-3-5-11(9)14/h3-5,8,12,15-16H,6-7H2,1-2H3. The van der Waals surface area contributed by atoms with Crippen LogP contribution < -0.4 is 4.72 Å². The first kappa shape index (κ1) is 16.0. The van der Waals surface area contributed by atoms with Crippen LogP contribution in [0.1, 0.15) is 19.4 Å². The molecule has 1 unspecified atom stereocenters. The third-order valence-electron chi connectivity index (χ3n) is 2.68. The van der Waals surface area contributed by atoms with Gasteiger partial charge in [0.2, 0.25) is 10.0 Å². The molecule has 0 aliphatic heterocycles. The van der Waals surface area contributed by atoms with Crippen molar-refractivity contribution in [3.63, 3.8) is 0 Å². The van der Waals surface area contributed by atoms with Crippen LogP contribution in [-0.4, -0.2) is 26.2 Å². The highest BCUT2D eigenvalue weighted by Crippen LogP contribution is 2.15. The Hall–Kier alpha value is -1.05. The second kappa shape index (κ2) is 6.40. The van der Waals surface area contributed by atoms with E-state index in [2.05, 4.69) is 4.72 Å². The molecule has 108 valence electrons. The number of hydrogen-bond donors (Lipinski definition) is 2. The van der Waals surface area contributed by atoms with Gasteiger partial charge in [-0.2, -0.15) is 0 Å². The van der Waals surface area contributed by atoms with E-state index in [-0.39, 0.29) is 12.5 Å². The summed E-state index contributed by atoms with van der Waals surface area (Å²) in [5.74, 6) is -2.73. The largest absolute Gasteiger partial charge is 0.391 e. The van der Waals surface area contributed by atoms with Gasteiger partial charge in [0.15, 0.2) is 0 Å². The van der Waals surface area contributed by atoms with Gasteiger partial charge in [0.25, 0.3) is 0 Å². The highest BCUT2D eigenvalue weighted by molar-refractivity contribution is 7.88. The second-order valence-corrected chi connectivity index (χ2v) is 6.43. The van der Waals surface area contributed by atoms with E-state index >= 15 is 0 Å². The van der Waals surface area contributed by atoms with Crippen LogP contribution in [-0.2, 0) is 15.8 Å². The van der Waals surface area contributed by atoms with Gasteiger partial charge in [0.1, 0.15) is 11.6 Å². The molecule has 7 heteroatoms. The highest BCUT2D eigenvalue weighted by atomic mass is 32.2. The van der Waals surface area contributed by atoms with E-state index in [1.807, 2.05) is 0 Å². The van der Waals surface area contributed by atoms with E-state index in [9.17, 15) is 22.3 Å². The van der Waals surface area contributed by atoms with Gasteiger partial charge < -0.3 is 5.11 Å². The van der Waals surface area contributed by atoms with Gasteiger partial charge in [0, 0.05) is 12.1 Å². The Morgan fingerprint density at radius 1 is 1.26 bits per heavy atom. The van der Waals surface area contributed by atoms with Gasteiger partial charge in [-0.1, -0.05) is 19.9 Å². The molecule has 0 bridgehead atoms. The van der Waals surface area contributed by atoms with Gasteiger partial charge in [-0.3, -0.25) is 0 Å². The van der Waals surface area contributed by atoms with E-state index < -0.39 is 39.1 Å². The van der Waals surface area contributed by atoms with Crippen molar-refractivity contribution in [2.75, 3.05) is 6.54 Å². The van der Waals surface area contributed by atoms with Gasteiger partial charge >= 0.3 is 0 Å². The summed E-state index contributed by atoms with van der Waals surface area (Å²) in [7, 11) is -3.90. The summed E-state index contributed by atoms with van der Waals surface area (Å²) in [6.45, 7) is 3.28. The summed E-state index contributed by atoms with van der Waals surface area (Å²) >= 11 is 0. The maximum Gasteiger partial charge on any atom is 0.216 e. The number of aliphatic hydroxyl groups excluding tert-OH is 1. The zero-order valence-corrected chi connectivity index (χ0v) is 11.5. The number of aliphatic hydroxyl groups is 1. The maximum atomic E-state index is 13.3. The maximum absolute atomic E-state index is 13.3. The minimum atomic E-state index is -3.90. The smallest absolute Gasteiger partial charge is 0.216 e. The van der Waals surface area contributed by atoms with Crippen molar-refractivity contribution in [3.05, 3.63) is 35.4 Å². The summed E-state index contributed by atoms with van der Waals surface area (Å²) in [6.07, 6.45) is -0.847. The van der Waals surface area contributed by atoms with Crippen LogP contribution in [0.3, 0.4) is 0 Å². The Labute approximate surface area is 111 Å². The van der Waals surface area contributed by atoms with Crippen LogP contribution in [0.25, 0.3) is 0 Å². The van der Waals surface area contributed by atoms with Crippen molar-refractivity contribution < 1.29 is 22.3 Å². The number of halogens is 2. The van der Waals surface area contributed by atoms with Gasteiger partial charge in [-0.05, 0) is 18.1 Å². The molecular weight excluding hydrogens is 276 g/mol. The van der Waals surface area contributed by atoms with E-state index in [0.717, 1.165) is 18.2 Å². The first-order chi connectivity index (χ1) is 8.73. The van der Waals surface area contributed by atoms with Gasteiger partial charge in [0.05, 0.1) is 11.9 Å². The second-order valence-electron chi connectivity index (χ2n) is 4.62. The quantitative estimate of drug-likeness (QED) is 0.833. The molecule has 0 radical (unpaired) electrons. The number of sulfonamides is 1. The monoisotopic (exact) mass is 293 g/mol. The lowest BCUT2D eigenvalue weighted by atomic mass is 10.1. The third-order valence-corrected chi connectivity index (χ3v) is 3.95. The normalized spacial score (nSPS) is 13.8. The zero-order valence-electron chi connectivity index (χ0n) is 10.7. The lowest BCUT2D eigenvalue weighted by Crippen LogP contribution is -2.35. The Morgan fingerprint density at radius 3 is 2.26 bits per heavy atom. The highest BCUT2D eigenvalue weighted by Gasteiger charge is 2.19. The molecule has 0 aromatic heterocycles. The summed E-state index contributed by atoms with van der Waals surface area (Å²) in [5, 5.41) is 9.49. The first-order valence-corrected chi connectivity index (χ1v) is 7.46. The average Bonchev–Trinajstić information content (AvgIpc) is 2.31. The number of nitrogens with one attached hydrogen (secondary N) is 1. The molecule has 1 aromatic carbocycles. The molecule has 0 saturated carbocycles. The Morgan fingerprint density at radius 2 is 1.79 bits per heavy atom. The summed E-state index contributed by atoms with van der Waals surface area (Å²) < 4.78 is 52.1. The number of benzene rings is 1. The average molecular weight is 293 g/mol. The zero-order chi connectivity index (χ0) is 14.6. The topological polar surface area (TPSA) is 66.4 Å². The Bertz CT molecular complexity index is 512. The van der Waals surface area contributed by atoms with Crippen LogP contribution >= 0.6 is 0 Å². The molecule has 0 fully saturated rings. The fourth-order valence-corrected chi connectivity index (χ4v) is 2.54. The van der Waals surface area contributed by atoms with Crippen LogP contribution in [0.15, 0.2) is 18.2 Å². The number of rotatable bonds is 6. The van der Waals surface area contributed by atoms with Crippen LogP contribution in [0, 0.1) is 17.6 Å². The predicted molar refractivity (Wildman–Crippen MR) is 67.8 cm³/mol. The number of hydrogen-bond acceptors (Lipinski definition) is 3. The molecular formula is C12H17F2NO3S. The summed E-state index contributed by atoms with van der Waals surface area (Å²) in [6, 6.07) is 3.16. The fraction of sp³-hybridized carbons (Fsp3) is 0.500. The molecule has 0 aliphatic carbocycles. The molecule has 4 nitrogen and oxygen atoms in total. The molecule has 0 saturated heterocycles. The van der Waals surface area contributed by atoms with Gasteiger partial charge in [-0.15, -0.1) is 0 Å². The summed E-state index contributed by atoms with van der Waals surface area (Å²) in [4.78, 5) is 0.